The lowest BCUT2D eigenvalue weighted by molar-refractivity contribution is 0.162. The zero-order chi connectivity index (χ0) is 28.3. The first-order valence-electron chi connectivity index (χ1n) is 13.3. The normalized spacial score (nSPS) is 16.1. The Morgan fingerprint density at radius 1 is 1.02 bits per heavy atom. The fourth-order valence-corrected chi connectivity index (χ4v) is 5.65. The third kappa shape index (κ3) is 5.73. The first kappa shape index (κ1) is 27.1. The number of nitrogens with zero attached hydrogens (tertiary/aromatic N) is 3. The second-order valence-corrected chi connectivity index (χ2v) is 10.8. The van der Waals surface area contributed by atoms with Crippen molar-refractivity contribution in [1.29, 1.82) is 5.26 Å². The van der Waals surface area contributed by atoms with Crippen LogP contribution in [0.15, 0.2) is 78.8 Å². The molecule has 0 spiro atoms. The molecular formula is C30H27Cl2FN8. The van der Waals surface area contributed by atoms with Gasteiger partial charge in [-0.3, -0.25) is 9.99 Å². The van der Waals surface area contributed by atoms with Gasteiger partial charge in [0, 0.05) is 35.2 Å². The molecule has 1 unspecified atom stereocenters. The number of hydrogen-bond acceptors (Lipinski definition) is 8. The Bertz CT molecular complexity index is 1650. The van der Waals surface area contributed by atoms with E-state index in [1.165, 1.54) is 18.3 Å². The number of benzene rings is 3. The molecule has 0 amide bonds. The van der Waals surface area contributed by atoms with E-state index in [1.807, 2.05) is 30.3 Å². The van der Waals surface area contributed by atoms with Crippen LogP contribution in [0.1, 0.15) is 30.0 Å². The Morgan fingerprint density at radius 2 is 1.80 bits per heavy atom. The number of hydrogen-bond donors (Lipinski definition) is 5. The van der Waals surface area contributed by atoms with Gasteiger partial charge < -0.3 is 21.4 Å². The maximum atomic E-state index is 13.8. The molecule has 0 saturated carbocycles. The zero-order valence-corrected chi connectivity index (χ0v) is 23.4. The number of nitriles is 1. The largest absolute Gasteiger partial charge is 0.373 e. The van der Waals surface area contributed by atoms with Crippen molar-refractivity contribution in [3.63, 3.8) is 0 Å². The molecule has 3 aromatic carbocycles. The summed E-state index contributed by atoms with van der Waals surface area (Å²) in [5.41, 5.74) is 11.3. The van der Waals surface area contributed by atoms with E-state index in [0.717, 1.165) is 42.9 Å². The predicted molar refractivity (Wildman–Crippen MR) is 161 cm³/mol. The van der Waals surface area contributed by atoms with Gasteiger partial charge in [0.1, 0.15) is 11.9 Å². The lowest BCUT2D eigenvalue weighted by Crippen LogP contribution is -2.47. The summed E-state index contributed by atoms with van der Waals surface area (Å²) in [6.45, 7) is 1.97. The Kier molecular flexibility index (Phi) is 7.81. The van der Waals surface area contributed by atoms with E-state index in [1.54, 1.807) is 6.07 Å². The van der Waals surface area contributed by atoms with Crippen LogP contribution in [0, 0.1) is 17.1 Å². The minimum Gasteiger partial charge on any atom is -0.373 e. The summed E-state index contributed by atoms with van der Waals surface area (Å²) in [6, 6.07) is 20.5. The van der Waals surface area contributed by atoms with Gasteiger partial charge in [-0.15, -0.1) is 5.53 Å². The summed E-state index contributed by atoms with van der Waals surface area (Å²) in [4.78, 5) is 4.45. The van der Waals surface area contributed by atoms with Crippen molar-refractivity contribution in [2.45, 2.75) is 24.9 Å². The molecule has 4 aromatic rings. The smallest absolute Gasteiger partial charge is 0.141 e. The summed E-state index contributed by atoms with van der Waals surface area (Å²) in [6.07, 6.45) is 5.68. The molecule has 2 aliphatic heterocycles. The molecule has 3 heterocycles. The number of pyridine rings is 1. The van der Waals surface area contributed by atoms with Crippen LogP contribution in [0.4, 0.5) is 21.5 Å². The molecule has 11 heteroatoms. The Hall–Kier alpha value is -4.07. The van der Waals surface area contributed by atoms with Crippen LogP contribution < -0.4 is 26.9 Å². The van der Waals surface area contributed by atoms with Gasteiger partial charge in [-0.05, 0) is 61.8 Å². The molecule has 41 heavy (non-hydrogen) atoms. The molecule has 5 N–H and O–H groups in total. The fraction of sp³-hybridized carbons (Fsp3) is 0.200. The van der Waals surface area contributed by atoms with Gasteiger partial charge in [-0.25, -0.2) is 4.39 Å². The van der Waals surface area contributed by atoms with E-state index in [-0.39, 0.29) is 11.1 Å². The van der Waals surface area contributed by atoms with Crippen LogP contribution in [0.2, 0.25) is 10.0 Å². The van der Waals surface area contributed by atoms with Crippen molar-refractivity contribution in [3.8, 4) is 6.07 Å². The molecule has 1 saturated heterocycles. The Balaban J connectivity index is 1.38. The minimum atomic E-state index is -0.526. The standard InChI is InChI=1S/C30H27Cl2FN8/c31-24-13-20(6-7-26(24)33)37-28-19(15-34)16-36-30-23(28)12-21(14-25(30)32)38-29(18-4-2-1-3-5-18)27-17-41(40-39-27)22-8-10-35-11-9-22/h1-7,12-14,16-17,22,29,35,38-40H,8-11H2,(H,36,37). The Labute approximate surface area is 247 Å². The first-order valence-corrected chi connectivity index (χ1v) is 14.0. The molecule has 0 aliphatic carbocycles. The van der Waals surface area contributed by atoms with E-state index in [0.29, 0.717) is 38.9 Å². The van der Waals surface area contributed by atoms with Gasteiger partial charge in [0.2, 0.25) is 0 Å². The van der Waals surface area contributed by atoms with E-state index in [4.69, 9.17) is 23.2 Å². The third-order valence-corrected chi connectivity index (χ3v) is 7.88. The van der Waals surface area contributed by atoms with Crippen LogP contribution in [0.25, 0.3) is 10.9 Å². The molecule has 1 fully saturated rings. The maximum Gasteiger partial charge on any atom is 0.141 e. The summed E-state index contributed by atoms with van der Waals surface area (Å²) in [5, 5.41) is 23.3. The average molecular weight is 590 g/mol. The maximum absolute atomic E-state index is 13.8. The summed E-state index contributed by atoms with van der Waals surface area (Å²) >= 11 is 12.8. The number of rotatable bonds is 7. The van der Waals surface area contributed by atoms with Crippen LogP contribution in [0.5, 0.6) is 0 Å². The number of halogens is 3. The van der Waals surface area contributed by atoms with Crippen LogP contribution in [0.3, 0.4) is 0 Å². The first-order chi connectivity index (χ1) is 20.0. The van der Waals surface area contributed by atoms with Crippen LogP contribution in [-0.2, 0) is 0 Å². The highest BCUT2D eigenvalue weighted by molar-refractivity contribution is 6.36. The average Bonchev–Trinajstić information content (AvgIpc) is 3.49. The molecule has 2 aliphatic rings. The number of nitrogens with one attached hydrogen (secondary N) is 5. The molecule has 1 aromatic heterocycles. The molecular weight excluding hydrogens is 562 g/mol. The van der Waals surface area contributed by atoms with Crippen molar-refractivity contribution < 1.29 is 4.39 Å². The second-order valence-electron chi connectivity index (χ2n) is 9.96. The molecule has 8 nitrogen and oxygen atoms in total. The van der Waals surface area contributed by atoms with Crippen molar-refractivity contribution in [1.82, 2.24) is 26.3 Å². The second kappa shape index (κ2) is 11.8. The highest BCUT2D eigenvalue weighted by atomic mass is 35.5. The Morgan fingerprint density at radius 3 is 2.56 bits per heavy atom. The van der Waals surface area contributed by atoms with Crippen molar-refractivity contribution >= 4 is 51.2 Å². The van der Waals surface area contributed by atoms with Gasteiger partial charge in [0.05, 0.1) is 38.6 Å². The van der Waals surface area contributed by atoms with E-state index >= 15 is 0 Å². The number of hydrazine groups is 2. The lowest BCUT2D eigenvalue weighted by Gasteiger charge is -2.30. The van der Waals surface area contributed by atoms with Gasteiger partial charge in [-0.2, -0.15) is 5.26 Å². The molecule has 0 radical (unpaired) electrons. The SMILES string of the molecule is N#Cc1cnc2c(Cl)cc(NC(C3=CN(C4CCNCC4)NN3)c3ccccc3)cc2c1Nc1ccc(F)c(Cl)c1. The van der Waals surface area contributed by atoms with Gasteiger partial charge >= 0.3 is 0 Å². The summed E-state index contributed by atoms with van der Waals surface area (Å²) in [7, 11) is 0. The van der Waals surface area contributed by atoms with Crippen molar-refractivity contribution in [3.05, 3.63) is 106 Å². The highest BCUT2D eigenvalue weighted by Crippen LogP contribution is 2.37. The fourth-order valence-electron chi connectivity index (χ4n) is 5.21. The van der Waals surface area contributed by atoms with Crippen molar-refractivity contribution in [2.75, 3.05) is 23.7 Å². The quantitative estimate of drug-likeness (QED) is 0.170. The molecule has 208 valence electrons. The highest BCUT2D eigenvalue weighted by Gasteiger charge is 2.27. The van der Waals surface area contributed by atoms with E-state index < -0.39 is 5.82 Å². The predicted octanol–water partition coefficient (Wildman–Crippen LogP) is 6.37. The number of fused-ring (bicyclic) bond motifs is 1. The molecule has 6 rings (SSSR count). The number of aromatic nitrogens is 1. The summed E-state index contributed by atoms with van der Waals surface area (Å²) < 4.78 is 13.8. The minimum absolute atomic E-state index is 0.0255. The van der Waals surface area contributed by atoms with Crippen LogP contribution >= 0.6 is 23.2 Å². The zero-order valence-electron chi connectivity index (χ0n) is 21.9. The monoisotopic (exact) mass is 588 g/mol. The lowest BCUT2D eigenvalue weighted by atomic mass is 10.0. The van der Waals surface area contributed by atoms with Crippen molar-refractivity contribution in [2.24, 2.45) is 0 Å². The number of piperidine rings is 1. The van der Waals surface area contributed by atoms with Gasteiger partial charge in [-0.1, -0.05) is 53.5 Å². The number of anilines is 3. The topological polar surface area (TPSA) is 100 Å². The van der Waals surface area contributed by atoms with E-state index in [9.17, 15) is 9.65 Å². The van der Waals surface area contributed by atoms with E-state index in [2.05, 4.69) is 61.3 Å². The van der Waals surface area contributed by atoms with Gasteiger partial charge in [0.25, 0.3) is 0 Å². The third-order valence-electron chi connectivity index (χ3n) is 7.30. The molecule has 1 atom stereocenters. The molecule has 0 bridgehead atoms. The van der Waals surface area contributed by atoms with Gasteiger partial charge in [0.15, 0.2) is 0 Å². The van der Waals surface area contributed by atoms with Crippen LogP contribution in [-0.4, -0.2) is 29.1 Å². The summed E-state index contributed by atoms with van der Waals surface area (Å²) in [5.74, 6) is -0.526.